The average Bonchev–Trinajstić information content (AvgIpc) is 2.89. The number of carbonyl (C=O) groups excluding carboxylic acids is 2. The van der Waals surface area contributed by atoms with Crippen LogP contribution in [0.1, 0.15) is 19.4 Å². The molecule has 3 rings (SSSR count). The van der Waals surface area contributed by atoms with E-state index in [0.717, 1.165) is 6.42 Å². The number of amides is 2. The Morgan fingerprint density at radius 2 is 2.00 bits per heavy atom. The summed E-state index contributed by atoms with van der Waals surface area (Å²) in [4.78, 5) is 26.0. The molecule has 0 spiro atoms. The molecular formula is C14H15N3O2. The molecule has 0 N–H and O–H groups in total. The first-order valence-corrected chi connectivity index (χ1v) is 6.44. The third kappa shape index (κ3) is 1.54. The van der Waals surface area contributed by atoms with E-state index in [4.69, 9.17) is 0 Å². The highest BCUT2D eigenvalue weighted by atomic mass is 16.2. The molecule has 0 aromatic heterocycles. The third-order valence-corrected chi connectivity index (χ3v) is 3.98. The molecule has 2 unspecified atom stereocenters. The molecule has 5 nitrogen and oxygen atoms in total. The van der Waals surface area contributed by atoms with Crippen molar-refractivity contribution < 1.29 is 9.59 Å². The molecule has 5 heteroatoms. The second-order valence-electron chi connectivity index (χ2n) is 5.12. The maximum absolute atomic E-state index is 12.4. The van der Waals surface area contributed by atoms with Crippen molar-refractivity contribution in [1.82, 2.24) is 0 Å². The maximum Gasteiger partial charge on any atom is 0.264 e. The summed E-state index contributed by atoms with van der Waals surface area (Å²) in [5.74, 6) is -0.902. The van der Waals surface area contributed by atoms with Gasteiger partial charge in [0.15, 0.2) is 5.54 Å². The molecule has 1 aromatic rings. The van der Waals surface area contributed by atoms with Gasteiger partial charge in [-0.3, -0.25) is 9.59 Å². The van der Waals surface area contributed by atoms with Gasteiger partial charge in [0.25, 0.3) is 5.91 Å². The van der Waals surface area contributed by atoms with Crippen molar-refractivity contribution in [1.29, 1.82) is 0 Å². The van der Waals surface area contributed by atoms with Gasteiger partial charge >= 0.3 is 0 Å². The molecule has 98 valence electrons. The number of fused-ring (bicyclic) bond motifs is 1. The van der Waals surface area contributed by atoms with Crippen LogP contribution in [0.3, 0.4) is 0 Å². The van der Waals surface area contributed by atoms with E-state index >= 15 is 0 Å². The molecule has 2 aliphatic heterocycles. The van der Waals surface area contributed by atoms with Gasteiger partial charge in [-0.25, -0.2) is 4.90 Å². The van der Waals surface area contributed by atoms with Crippen LogP contribution in [-0.2, 0) is 16.0 Å². The Hall–Kier alpha value is -2.04. The highest BCUT2D eigenvalue weighted by Gasteiger charge is 2.59. The summed E-state index contributed by atoms with van der Waals surface area (Å²) >= 11 is 0. The van der Waals surface area contributed by atoms with Crippen LogP contribution in [0.25, 0.3) is 0 Å². The van der Waals surface area contributed by atoms with E-state index in [1.807, 2.05) is 24.3 Å². The monoisotopic (exact) mass is 257 g/mol. The van der Waals surface area contributed by atoms with Gasteiger partial charge in [0, 0.05) is 0 Å². The molecule has 19 heavy (non-hydrogen) atoms. The molecule has 2 amide bonds. The zero-order valence-corrected chi connectivity index (χ0v) is 11.0. The fourth-order valence-corrected chi connectivity index (χ4v) is 2.63. The van der Waals surface area contributed by atoms with Crippen molar-refractivity contribution in [2.75, 3.05) is 11.4 Å². The molecule has 0 bridgehead atoms. The van der Waals surface area contributed by atoms with Gasteiger partial charge in [-0.15, -0.1) is 0 Å². The number of carbonyl (C=O) groups is 2. The predicted molar refractivity (Wildman–Crippen MR) is 69.9 cm³/mol. The number of rotatable bonds is 2. The lowest BCUT2D eigenvalue weighted by molar-refractivity contribution is -0.122. The van der Waals surface area contributed by atoms with E-state index in [1.54, 1.807) is 6.92 Å². The number of aryl methyl sites for hydroxylation is 1. The Labute approximate surface area is 111 Å². The van der Waals surface area contributed by atoms with Crippen LogP contribution >= 0.6 is 0 Å². The van der Waals surface area contributed by atoms with Crippen molar-refractivity contribution in [2.24, 2.45) is 16.1 Å². The van der Waals surface area contributed by atoms with Crippen molar-refractivity contribution >= 4 is 17.5 Å². The summed E-state index contributed by atoms with van der Waals surface area (Å²) in [5, 5.41) is 7.84. The lowest BCUT2D eigenvalue weighted by Gasteiger charge is -2.17. The SMILES string of the molecule is CCc1ccc(N2C(=O)C3CN=NC3(C)C2=O)cc1. The molecule has 2 atom stereocenters. The van der Waals surface area contributed by atoms with Crippen LogP contribution in [0, 0.1) is 5.92 Å². The summed E-state index contributed by atoms with van der Waals surface area (Å²) in [6, 6.07) is 7.51. The summed E-state index contributed by atoms with van der Waals surface area (Å²) in [7, 11) is 0. The maximum atomic E-state index is 12.4. The van der Waals surface area contributed by atoms with E-state index in [-0.39, 0.29) is 11.8 Å². The number of benzene rings is 1. The highest BCUT2D eigenvalue weighted by molar-refractivity contribution is 6.25. The van der Waals surface area contributed by atoms with Crippen molar-refractivity contribution in [3.05, 3.63) is 29.8 Å². The Morgan fingerprint density at radius 1 is 1.32 bits per heavy atom. The first kappa shape index (κ1) is 12.0. The molecule has 0 saturated carbocycles. The second-order valence-corrected chi connectivity index (χ2v) is 5.12. The molecule has 1 fully saturated rings. The standard InChI is InChI=1S/C14H15N3O2/c1-3-9-4-6-10(7-5-9)17-12(18)11-8-15-16-14(11,2)13(17)19/h4-7,11H,3,8H2,1-2H3. The Bertz CT molecular complexity index is 579. The first-order valence-electron chi connectivity index (χ1n) is 6.44. The van der Waals surface area contributed by atoms with Gasteiger partial charge in [-0.2, -0.15) is 10.2 Å². The number of nitrogens with zero attached hydrogens (tertiary/aromatic N) is 3. The molecule has 2 aliphatic rings. The van der Waals surface area contributed by atoms with Crippen LogP contribution in [0.5, 0.6) is 0 Å². The van der Waals surface area contributed by atoms with E-state index in [1.165, 1.54) is 10.5 Å². The lowest BCUT2D eigenvalue weighted by Crippen LogP contribution is -2.37. The van der Waals surface area contributed by atoms with Crippen LogP contribution < -0.4 is 4.90 Å². The fourth-order valence-electron chi connectivity index (χ4n) is 2.63. The minimum absolute atomic E-state index is 0.193. The molecular weight excluding hydrogens is 242 g/mol. The van der Waals surface area contributed by atoms with Crippen molar-refractivity contribution in [2.45, 2.75) is 25.8 Å². The van der Waals surface area contributed by atoms with Gasteiger partial charge < -0.3 is 0 Å². The van der Waals surface area contributed by atoms with Gasteiger partial charge in [0.1, 0.15) is 0 Å². The Balaban J connectivity index is 1.99. The van der Waals surface area contributed by atoms with Crippen molar-refractivity contribution in [3.63, 3.8) is 0 Å². The number of imide groups is 1. The minimum Gasteiger partial charge on any atom is -0.274 e. The third-order valence-electron chi connectivity index (χ3n) is 3.98. The fraction of sp³-hybridized carbons (Fsp3) is 0.429. The summed E-state index contributed by atoms with van der Waals surface area (Å²) < 4.78 is 0. The van der Waals surface area contributed by atoms with Gasteiger partial charge in [0.2, 0.25) is 5.91 Å². The summed E-state index contributed by atoms with van der Waals surface area (Å²) in [5.41, 5.74) is 0.799. The van der Waals surface area contributed by atoms with Gasteiger partial charge in [-0.1, -0.05) is 19.1 Å². The lowest BCUT2D eigenvalue weighted by atomic mass is 9.90. The van der Waals surface area contributed by atoms with Crippen LogP contribution in [-0.4, -0.2) is 23.9 Å². The number of hydrogen-bond acceptors (Lipinski definition) is 4. The van der Waals surface area contributed by atoms with Crippen LogP contribution in [0.2, 0.25) is 0 Å². The number of azo groups is 1. The molecule has 0 aliphatic carbocycles. The summed E-state index contributed by atoms with van der Waals surface area (Å²) in [6.45, 7) is 4.06. The topological polar surface area (TPSA) is 62.1 Å². The minimum atomic E-state index is -0.999. The summed E-state index contributed by atoms with van der Waals surface area (Å²) in [6.07, 6.45) is 0.927. The van der Waals surface area contributed by atoms with E-state index in [9.17, 15) is 9.59 Å². The Kier molecular flexibility index (Phi) is 2.52. The number of hydrogen-bond donors (Lipinski definition) is 0. The van der Waals surface area contributed by atoms with E-state index < -0.39 is 11.5 Å². The Morgan fingerprint density at radius 3 is 2.58 bits per heavy atom. The predicted octanol–water partition coefficient (Wildman–Crippen LogP) is 1.96. The molecule has 1 saturated heterocycles. The zero-order chi connectivity index (χ0) is 13.6. The first-order chi connectivity index (χ1) is 9.08. The smallest absolute Gasteiger partial charge is 0.264 e. The van der Waals surface area contributed by atoms with Crippen LogP contribution in [0.15, 0.2) is 34.5 Å². The second kappa shape index (κ2) is 3.98. The molecule has 2 heterocycles. The van der Waals surface area contributed by atoms with Gasteiger partial charge in [0.05, 0.1) is 18.2 Å². The van der Waals surface area contributed by atoms with Crippen LogP contribution in [0.4, 0.5) is 5.69 Å². The molecule has 0 radical (unpaired) electrons. The zero-order valence-electron chi connectivity index (χ0n) is 11.0. The van der Waals surface area contributed by atoms with Crippen molar-refractivity contribution in [3.8, 4) is 0 Å². The molecule has 1 aromatic carbocycles. The average molecular weight is 257 g/mol. The van der Waals surface area contributed by atoms with E-state index in [2.05, 4.69) is 17.2 Å². The number of anilines is 1. The largest absolute Gasteiger partial charge is 0.274 e. The van der Waals surface area contributed by atoms with E-state index in [0.29, 0.717) is 12.2 Å². The van der Waals surface area contributed by atoms with Gasteiger partial charge in [-0.05, 0) is 31.0 Å². The quantitative estimate of drug-likeness (QED) is 0.760. The normalized spacial score (nSPS) is 29.2. The highest BCUT2D eigenvalue weighted by Crippen LogP contribution is 2.40.